The number of rotatable bonds is 6. The summed E-state index contributed by atoms with van der Waals surface area (Å²) < 4.78 is 13.7. The Morgan fingerprint density at radius 1 is 1.07 bits per heavy atom. The predicted molar refractivity (Wildman–Crippen MR) is 102 cm³/mol. The third kappa shape index (κ3) is 4.92. The molecular formula is C21H24FNO4. The third-order valence-electron chi connectivity index (χ3n) is 4.44. The van der Waals surface area contributed by atoms with Gasteiger partial charge in [0.05, 0.1) is 24.6 Å². The van der Waals surface area contributed by atoms with E-state index < -0.39 is 24.4 Å². The number of carbonyl (C=O) groups excluding carboxylic acids is 1. The maximum atomic E-state index is 13.7. The Labute approximate surface area is 158 Å². The molecule has 2 aromatic rings. The van der Waals surface area contributed by atoms with Crippen molar-refractivity contribution in [3.8, 4) is 11.1 Å². The minimum atomic E-state index is -1.25. The minimum Gasteiger partial charge on any atom is -0.481 e. The van der Waals surface area contributed by atoms with Crippen LogP contribution in [0, 0.1) is 26.6 Å². The average Bonchev–Trinajstić information content (AvgIpc) is 2.55. The number of aryl methyl sites for hydroxylation is 3. The number of aliphatic carboxylic acids is 1. The summed E-state index contributed by atoms with van der Waals surface area (Å²) in [6.45, 7) is 5.49. The molecule has 0 aliphatic rings. The normalized spacial score (nSPS) is 11.9. The van der Waals surface area contributed by atoms with E-state index in [1.54, 1.807) is 26.1 Å². The number of halogens is 1. The van der Waals surface area contributed by atoms with Gasteiger partial charge in [-0.2, -0.15) is 0 Å². The second-order valence-corrected chi connectivity index (χ2v) is 6.85. The number of hydrogen-bond acceptors (Lipinski definition) is 3. The lowest BCUT2D eigenvalue weighted by Gasteiger charge is -2.25. The lowest BCUT2D eigenvalue weighted by Crippen LogP contribution is -2.31. The number of carboxylic acids is 1. The maximum Gasteiger partial charge on any atom is 0.305 e. The van der Waals surface area contributed by atoms with Crippen LogP contribution in [0.1, 0.15) is 29.5 Å². The third-order valence-corrected chi connectivity index (χ3v) is 4.44. The molecule has 0 aliphatic carbocycles. The molecule has 0 aromatic heterocycles. The Bertz CT molecular complexity index is 879. The molecule has 1 amide bonds. The number of hydrogen-bond donors (Lipinski definition) is 2. The molecule has 0 saturated heterocycles. The Morgan fingerprint density at radius 2 is 1.74 bits per heavy atom. The molecule has 1 unspecified atom stereocenters. The first-order valence-corrected chi connectivity index (χ1v) is 8.64. The van der Waals surface area contributed by atoms with Crippen LogP contribution in [0.25, 0.3) is 11.1 Å². The van der Waals surface area contributed by atoms with Gasteiger partial charge >= 0.3 is 5.97 Å². The highest BCUT2D eigenvalue weighted by molar-refractivity contribution is 5.99. The largest absolute Gasteiger partial charge is 0.481 e. The van der Waals surface area contributed by atoms with Gasteiger partial charge in [0.25, 0.3) is 0 Å². The van der Waals surface area contributed by atoms with Gasteiger partial charge < -0.3 is 15.1 Å². The van der Waals surface area contributed by atoms with Gasteiger partial charge in [-0.25, -0.2) is 4.39 Å². The van der Waals surface area contributed by atoms with Crippen molar-refractivity contribution >= 4 is 17.6 Å². The number of aliphatic hydroxyl groups is 1. The molecular weight excluding hydrogens is 349 g/mol. The highest BCUT2D eigenvalue weighted by atomic mass is 19.1. The number of anilines is 1. The summed E-state index contributed by atoms with van der Waals surface area (Å²) in [4.78, 5) is 24.7. The summed E-state index contributed by atoms with van der Waals surface area (Å²) in [5.41, 5.74) is 4.57. The SMILES string of the molecule is Cc1cc(C)c(N(C)C(=O)CC(O)CC(=O)O)c(-c2ccc(F)c(C)c2)c1. The Hall–Kier alpha value is -2.73. The fraction of sp³-hybridized carbons (Fsp3) is 0.333. The van der Waals surface area contributed by atoms with Gasteiger partial charge in [0.2, 0.25) is 5.91 Å². The van der Waals surface area contributed by atoms with E-state index >= 15 is 0 Å². The zero-order chi connectivity index (χ0) is 20.3. The van der Waals surface area contributed by atoms with Crippen molar-refractivity contribution < 1.29 is 24.2 Å². The van der Waals surface area contributed by atoms with Crippen molar-refractivity contribution in [3.05, 3.63) is 52.8 Å². The number of carbonyl (C=O) groups is 2. The standard InChI is InChI=1S/C21H24FNO4/c1-12-7-14(3)21(23(4)19(25)10-16(24)11-20(26)27)17(8-12)15-5-6-18(22)13(2)9-15/h5-9,16,24H,10-11H2,1-4H3,(H,26,27). The summed E-state index contributed by atoms with van der Waals surface area (Å²) in [7, 11) is 1.59. The summed E-state index contributed by atoms with van der Waals surface area (Å²) >= 11 is 0. The number of carboxylic acid groups (broad SMARTS) is 1. The second kappa shape index (κ2) is 8.31. The van der Waals surface area contributed by atoms with Crippen LogP contribution in [0.15, 0.2) is 30.3 Å². The van der Waals surface area contributed by atoms with Crippen LogP contribution < -0.4 is 4.90 Å². The van der Waals surface area contributed by atoms with E-state index in [1.807, 2.05) is 26.0 Å². The molecule has 2 rings (SSSR count). The Kier molecular flexibility index (Phi) is 6.33. The van der Waals surface area contributed by atoms with E-state index in [2.05, 4.69) is 0 Å². The quantitative estimate of drug-likeness (QED) is 0.811. The van der Waals surface area contributed by atoms with Crippen molar-refractivity contribution in [2.75, 3.05) is 11.9 Å². The van der Waals surface area contributed by atoms with Crippen molar-refractivity contribution in [1.29, 1.82) is 0 Å². The molecule has 144 valence electrons. The van der Waals surface area contributed by atoms with Gasteiger partial charge in [-0.3, -0.25) is 9.59 Å². The van der Waals surface area contributed by atoms with Gasteiger partial charge in [-0.05, 0) is 55.7 Å². The molecule has 0 fully saturated rings. The number of benzene rings is 2. The fourth-order valence-corrected chi connectivity index (χ4v) is 3.17. The van der Waals surface area contributed by atoms with Crippen molar-refractivity contribution in [3.63, 3.8) is 0 Å². The first-order chi connectivity index (χ1) is 12.6. The average molecular weight is 373 g/mol. The fourth-order valence-electron chi connectivity index (χ4n) is 3.17. The van der Waals surface area contributed by atoms with Crippen LogP contribution in [0.5, 0.6) is 0 Å². The summed E-state index contributed by atoms with van der Waals surface area (Å²) in [5, 5.41) is 18.5. The predicted octanol–water partition coefficient (Wildman–Crippen LogP) is 3.61. The topological polar surface area (TPSA) is 77.8 Å². The zero-order valence-corrected chi connectivity index (χ0v) is 15.9. The second-order valence-electron chi connectivity index (χ2n) is 6.85. The van der Waals surface area contributed by atoms with Crippen molar-refractivity contribution in [1.82, 2.24) is 0 Å². The summed E-state index contributed by atoms with van der Waals surface area (Å²) in [6.07, 6.45) is -2.03. The van der Waals surface area contributed by atoms with Gasteiger partial charge in [-0.1, -0.05) is 17.7 Å². The molecule has 6 heteroatoms. The first-order valence-electron chi connectivity index (χ1n) is 8.64. The Morgan fingerprint density at radius 3 is 2.33 bits per heavy atom. The molecule has 0 radical (unpaired) electrons. The van der Waals surface area contributed by atoms with Crippen LogP contribution in [0.3, 0.4) is 0 Å². The van der Waals surface area contributed by atoms with Gasteiger partial charge in [0.1, 0.15) is 5.82 Å². The lowest BCUT2D eigenvalue weighted by molar-refractivity contribution is -0.139. The molecule has 0 heterocycles. The molecule has 2 N–H and O–H groups in total. The minimum absolute atomic E-state index is 0.294. The highest BCUT2D eigenvalue weighted by Gasteiger charge is 2.22. The summed E-state index contributed by atoms with van der Waals surface area (Å²) in [5.74, 6) is -1.85. The van der Waals surface area contributed by atoms with Crippen molar-refractivity contribution in [2.45, 2.75) is 39.7 Å². The molecule has 27 heavy (non-hydrogen) atoms. The van der Waals surface area contributed by atoms with Crippen molar-refractivity contribution in [2.24, 2.45) is 0 Å². The molecule has 2 aromatic carbocycles. The van der Waals surface area contributed by atoms with E-state index in [0.29, 0.717) is 11.3 Å². The number of amides is 1. The van der Waals surface area contributed by atoms with Gasteiger partial charge in [-0.15, -0.1) is 0 Å². The monoisotopic (exact) mass is 373 g/mol. The first kappa shape index (κ1) is 20.6. The Balaban J connectivity index is 2.44. The number of nitrogens with zero attached hydrogens (tertiary/aromatic N) is 1. The van der Waals surface area contributed by atoms with Gasteiger partial charge in [0.15, 0.2) is 0 Å². The molecule has 5 nitrogen and oxygen atoms in total. The molecule has 0 bridgehead atoms. The molecule has 0 aliphatic heterocycles. The zero-order valence-electron chi connectivity index (χ0n) is 15.9. The highest BCUT2D eigenvalue weighted by Crippen LogP contribution is 2.35. The van der Waals surface area contributed by atoms with E-state index in [9.17, 15) is 19.1 Å². The van der Waals surface area contributed by atoms with Crippen LogP contribution in [-0.4, -0.2) is 35.2 Å². The maximum absolute atomic E-state index is 13.7. The van der Waals surface area contributed by atoms with E-state index in [4.69, 9.17) is 5.11 Å². The summed E-state index contributed by atoms with van der Waals surface area (Å²) in [6, 6.07) is 8.64. The van der Waals surface area contributed by atoms with Crippen LogP contribution in [-0.2, 0) is 9.59 Å². The molecule has 0 saturated carbocycles. The van der Waals surface area contributed by atoms with Gasteiger partial charge in [0, 0.05) is 12.6 Å². The van der Waals surface area contributed by atoms with Crippen LogP contribution >= 0.6 is 0 Å². The van der Waals surface area contributed by atoms with Crippen LogP contribution in [0.2, 0.25) is 0 Å². The molecule has 1 atom stereocenters. The number of aliphatic hydroxyl groups excluding tert-OH is 1. The van der Waals surface area contributed by atoms with E-state index in [0.717, 1.165) is 22.3 Å². The smallest absolute Gasteiger partial charge is 0.305 e. The van der Waals surface area contributed by atoms with E-state index in [1.165, 1.54) is 11.0 Å². The van der Waals surface area contributed by atoms with E-state index in [-0.39, 0.29) is 12.2 Å². The van der Waals surface area contributed by atoms with Crippen LogP contribution in [0.4, 0.5) is 10.1 Å². The molecule has 0 spiro atoms. The lowest BCUT2D eigenvalue weighted by atomic mass is 9.95.